The van der Waals surface area contributed by atoms with E-state index in [0.717, 1.165) is 24.0 Å². The summed E-state index contributed by atoms with van der Waals surface area (Å²) in [4.78, 5) is 85.2. The highest BCUT2D eigenvalue weighted by Gasteiger charge is 2.40. The van der Waals surface area contributed by atoms with E-state index in [1.807, 2.05) is 39.8 Å². The van der Waals surface area contributed by atoms with Crippen LogP contribution in [0.2, 0.25) is 0 Å². The molecule has 3 aromatic heterocycles. The summed E-state index contributed by atoms with van der Waals surface area (Å²) in [6.07, 6.45) is 5.02. The quantitative estimate of drug-likeness (QED) is 0.0999. The van der Waals surface area contributed by atoms with Crippen LogP contribution < -0.4 is 16.1 Å². The lowest BCUT2D eigenvalue weighted by Gasteiger charge is -2.30. The van der Waals surface area contributed by atoms with Crippen molar-refractivity contribution in [2.24, 2.45) is 11.8 Å². The molecule has 4 N–H and O–H groups in total. The fourth-order valence-corrected chi connectivity index (χ4v) is 8.96. The van der Waals surface area contributed by atoms with Gasteiger partial charge in [-0.05, 0) is 55.0 Å². The number of likely N-dealkylation sites (tertiary alicyclic amines) is 1. The summed E-state index contributed by atoms with van der Waals surface area (Å²) in [7, 11) is 2.55. The molecule has 2 aliphatic heterocycles. The molecule has 16 nitrogen and oxygen atoms in total. The number of aromatic nitrogens is 4. The van der Waals surface area contributed by atoms with Crippen LogP contribution in [0.4, 0.5) is 9.59 Å². The monoisotopic (exact) mass is 826 g/mol. The molecule has 2 aliphatic rings. The second-order valence-electron chi connectivity index (χ2n) is 15.2. The van der Waals surface area contributed by atoms with E-state index in [4.69, 9.17) is 13.9 Å². The van der Waals surface area contributed by atoms with Gasteiger partial charge >= 0.3 is 12.2 Å². The highest BCUT2D eigenvalue weighted by atomic mass is 32.2. The zero-order valence-corrected chi connectivity index (χ0v) is 34.8. The van der Waals surface area contributed by atoms with Gasteiger partial charge in [0.25, 0.3) is 0 Å². The van der Waals surface area contributed by atoms with Gasteiger partial charge in [-0.1, -0.05) is 46.6 Å². The molecule has 312 valence electrons. The van der Waals surface area contributed by atoms with E-state index in [2.05, 4.69) is 30.6 Å². The van der Waals surface area contributed by atoms with Gasteiger partial charge in [0.2, 0.25) is 17.2 Å². The zero-order valence-electron chi connectivity index (χ0n) is 34.0. The number of H-pyrrole nitrogens is 2. The first kappa shape index (κ1) is 41.3. The number of hydrogen-bond acceptors (Lipinski definition) is 11. The molecule has 7 rings (SSSR count). The van der Waals surface area contributed by atoms with Crippen molar-refractivity contribution < 1.29 is 33.1 Å². The number of alkyl carbamates (subject to hydrolysis) is 2. The molecule has 5 heterocycles. The number of thioether (sulfide) groups is 1. The van der Waals surface area contributed by atoms with Crippen molar-refractivity contribution in [3.05, 3.63) is 70.7 Å². The summed E-state index contributed by atoms with van der Waals surface area (Å²) < 4.78 is 15.9. The molecule has 0 aliphatic carbocycles. The predicted molar refractivity (Wildman–Crippen MR) is 223 cm³/mol. The maximum absolute atomic E-state index is 13.9. The first-order chi connectivity index (χ1) is 28.5. The summed E-state index contributed by atoms with van der Waals surface area (Å²) in [6, 6.07) is 8.68. The van der Waals surface area contributed by atoms with E-state index >= 15 is 0 Å². The number of nitrogens with one attached hydrogen (secondary N) is 4. The smallest absolute Gasteiger partial charge is 0.407 e. The van der Waals surface area contributed by atoms with Crippen LogP contribution in [-0.2, 0) is 19.1 Å². The summed E-state index contributed by atoms with van der Waals surface area (Å²) in [5.41, 5.74) is 3.52. The van der Waals surface area contributed by atoms with E-state index < -0.39 is 24.3 Å². The number of rotatable bonds is 12. The third kappa shape index (κ3) is 8.25. The lowest BCUT2D eigenvalue weighted by Crippen LogP contribution is -2.51. The van der Waals surface area contributed by atoms with Gasteiger partial charge < -0.3 is 44.3 Å². The maximum atomic E-state index is 13.9. The molecule has 6 atom stereocenters. The Morgan fingerprint density at radius 2 is 1.39 bits per heavy atom. The van der Waals surface area contributed by atoms with Crippen molar-refractivity contribution in [2.75, 3.05) is 32.4 Å². The Labute approximate surface area is 345 Å². The fraction of sp³-hybridized carbons (Fsp3) is 0.452. The van der Waals surface area contributed by atoms with Crippen LogP contribution >= 0.6 is 11.8 Å². The second kappa shape index (κ2) is 17.6. The van der Waals surface area contributed by atoms with Gasteiger partial charge in [0.1, 0.15) is 34.9 Å². The Morgan fingerprint density at radius 3 is 2.00 bits per heavy atom. The molecule has 0 radical (unpaired) electrons. The summed E-state index contributed by atoms with van der Waals surface area (Å²) in [5.74, 6) is 1.76. The van der Waals surface area contributed by atoms with E-state index in [1.165, 1.54) is 14.2 Å². The van der Waals surface area contributed by atoms with Crippen LogP contribution in [0.25, 0.3) is 44.5 Å². The first-order valence-electron chi connectivity index (χ1n) is 19.9. The standard InChI is InChI=1S/C42H50N8O8S/c1-7-22(3)34(47-41(54)56-5)39(52)49-15-9-10-30(49)37-43-19-29(45-37)25-11-13-26-33(17-25)58-32-14-12-24(16-27(32)36(26)51)28-18-44-38(46-28)31-20-59-21-50(31)40(53)35(23(4)8-2)48-42(55)57-6/h11-14,16-19,22-23,30-31,34-35H,7-10,15,20-21H2,1-6H3,(H,43,45)(H,44,46)(H,47,54)(H,48,55)/t22-,23-,30-,31-,34-,35?/m0/s1. The third-order valence-electron chi connectivity index (χ3n) is 11.7. The number of amides is 4. The number of carbonyl (C=O) groups is 4. The van der Waals surface area contributed by atoms with Crippen molar-refractivity contribution in [1.29, 1.82) is 0 Å². The fourth-order valence-electron chi connectivity index (χ4n) is 7.79. The van der Waals surface area contributed by atoms with Crippen LogP contribution in [0.3, 0.4) is 0 Å². The molecule has 2 saturated heterocycles. The lowest BCUT2D eigenvalue weighted by molar-refractivity contribution is -0.136. The number of methoxy groups -OCH3 is 2. The summed E-state index contributed by atoms with van der Waals surface area (Å²) in [6.45, 7) is 8.34. The van der Waals surface area contributed by atoms with Gasteiger partial charge in [-0.2, -0.15) is 0 Å². The molecule has 2 aromatic carbocycles. The van der Waals surface area contributed by atoms with Crippen LogP contribution in [0.15, 0.2) is 58.0 Å². The number of ether oxygens (including phenoxy) is 2. The Bertz CT molecular complexity index is 2430. The molecule has 59 heavy (non-hydrogen) atoms. The zero-order chi connectivity index (χ0) is 42.0. The minimum absolute atomic E-state index is 0.0956. The van der Waals surface area contributed by atoms with Crippen molar-refractivity contribution in [3.8, 4) is 22.5 Å². The van der Waals surface area contributed by atoms with Crippen LogP contribution in [-0.4, -0.2) is 98.2 Å². The molecule has 5 aromatic rings. The molecule has 4 amide bonds. The van der Waals surface area contributed by atoms with Gasteiger partial charge in [0.15, 0.2) is 0 Å². The SMILES string of the molecule is CC[C@H](C)C(NC(=O)OC)C(=O)N1CSC[C@H]1c1ncc(-c2ccc3oc4cc(-c5cnc([C@@H]6CCCN6C(=O)[C@@H](NC(=O)OC)[C@@H](C)CC)[nH]5)ccc4c(=O)c3c2)[nH]1. The van der Waals surface area contributed by atoms with E-state index in [1.54, 1.807) is 58.2 Å². The molecule has 0 bridgehead atoms. The van der Waals surface area contributed by atoms with Crippen LogP contribution in [0.5, 0.6) is 0 Å². The van der Waals surface area contributed by atoms with Crippen molar-refractivity contribution in [3.63, 3.8) is 0 Å². The van der Waals surface area contributed by atoms with E-state index in [0.29, 0.717) is 76.0 Å². The van der Waals surface area contributed by atoms with Crippen molar-refractivity contribution >= 4 is 57.7 Å². The average molecular weight is 827 g/mol. The molecule has 0 spiro atoms. The van der Waals surface area contributed by atoms with Crippen molar-refractivity contribution in [1.82, 2.24) is 40.4 Å². The molecular formula is C42H50N8O8S. The third-order valence-corrected chi connectivity index (χ3v) is 12.7. The van der Waals surface area contributed by atoms with E-state index in [9.17, 15) is 24.0 Å². The number of carbonyl (C=O) groups excluding carboxylic acids is 4. The van der Waals surface area contributed by atoms with Crippen molar-refractivity contribution in [2.45, 2.75) is 77.5 Å². The highest BCUT2D eigenvalue weighted by molar-refractivity contribution is 7.99. The number of fused-ring (bicyclic) bond motifs is 2. The van der Waals surface area contributed by atoms with Crippen LogP contribution in [0, 0.1) is 11.8 Å². The number of imidazole rings is 2. The van der Waals surface area contributed by atoms with E-state index in [-0.39, 0.29) is 41.2 Å². The molecule has 1 unspecified atom stereocenters. The Hall–Kier alpha value is -5.84. The normalized spacial score (nSPS) is 18.7. The Morgan fingerprint density at radius 1 is 0.814 bits per heavy atom. The second-order valence-corrected chi connectivity index (χ2v) is 16.2. The average Bonchev–Trinajstić information content (AvgIpc) is 4.10. The Kier molecular flexibility index (Phi) is 12.3. The molecule has 0 saturated carbocycles. The maximum Gasteiger partial charge on any atom is 0.407 e. The number of hydrogen-bond donors (Lipinski definition) is 4. The minimum Gasteiger partial charge on any atom is -0.456 e. The van der Waals surface area contributed by atoms with Crippen LogP contribution in [0.1, 0.15) is 77.1 Å². The molecular weight excluding hydrogens is 777 g/mol. The largest absolute Gasteiger partial charge is 0.456 e. The number of aromatic amines is 2. The summed E-state index contributed by atoms with van der Waals surface area (Å²) in [5, 5.41) is 6.26. The summed E-state index contributed by atoms with van der Waals surface area (Å²) >= 11 is 1.61. The van der Waals surface area contributed by atoms with Gasteiger partial charge in [-0.15, -0.1) is 11.8 Å². The first-order valence-corrected chi connectivity index (χ1v) is 21.1. The Balaban J connectivity index is 1.10. The van der Waals surface area contributed by atoms with Gasteiger partial charge in [0.05, 0.1) is 66.7 Å². The van der Waals surface area contributed by atoms with Gasteiger partial charge in [0, 0.05) is 23.4 Å². The molecule has 17 heteroatoms. The minimum atomic E-state index is -0.738. The van der Waals surface area contributed by atoms with Gasteiger partial charge in [-0.3, -0.25) is 14.4 Å². The lowest BCUT2D eigenvalue weighted by atomic mass is 9.97. The van der Waals surface area contributed by atoms with Gasteiger partial charge in [-0.25, -0.2) is 19.6 Å². The molecule has 2 fully saturated rings. The topological polar surface area (TPSA) is 205 Å². The number of benzene rings is 2. The number of nitrogens with zero attached hydrogens (tertiary/aromatic N) is 4. The predicted octanol–water partition coefficient (Wildman–Crippen LogP) is 6.51. The highest BCUT2D eigenvalue weighted by Crippen LogP contribution is 2.36.